The second-order valence-corrected chi connectivity index (χ2v) is 3.00. The Morgan fingerprint density at radius 1 is 1.36 bits per heavy atom. The maximum absolute atomic E-state index is 13.6. The summed E-state index contributed by atoms with van der Waals surface area (Å²) >= 11 is 5.77. The van der Waals surface area contributed by atoms with Crippen molar-refractivity contribution in [2.75, 3.05) is 7.11 Å². The lowest BCUT2D eigenvalue weighted by atomic mass is 10.2. The summed E-state index contributed by atoms with van der Waals surface area (Å²) in [4.78, 5) is 7.55. The van der Waals surface area contributed by atoms with E-state index in [1.165, 1.54) is 19.5 Å². The molecule has 0 fully saturated rings. The van der Waals surface area contributed by atoms with Crippen molar-refractivity contribution in [3.8, 4) is 5.75 Å². The van der Waals surface area contributed by atoms with Crippen molar-refractivity contribution in [2.45, 2.75) is 0 Å². The molecule has 0 spiro atoms. The van der Waals surface area contributed by atoms with Crippen molar-refractivity contribution in [2.24, 2.45) is 0 Å². The average molecular weight is 213 g/mol. The van der Waals surface area contributed by atoms with Crippen LogP contribution in [-0.4, -0.2) is 17.1 Å². The number of methoxy groups -OCH3 is 1. The smallest absolute Gasteiger partial charge is 0.191 e. The first-order valence-corrected chi connectivity index (χ1v) is 4.24. The topological polar surface area (TPSA) is 35.0 Å². The monoisotopic (exact) mass is 212 g/mol. The van der Waals surface area contributed by atoms with Gasteiger partial charge in [0.25, 0.3) is 0 Å². The fraction of sp³-hybridized carbons (Fsp3) is 0.111. The van der Waals surface area contributed by atoms with Gasteiger partial charge in [-0.1, -0.05) is 11.6 Å². The van der Waals surface area contributed by atoms with E-state index in [2.05, 4.69) is 9.97 Å². The summed E-state index contributed by atoms with van der Waals surface area (Å²) in [6.07, 6.45) is 1.22. The maximum atomic E-state index is 13.6. The summed E-state index contributed by atoms with van der Waals surface area (Å²) in [5.74, 6) is -0.374. The van der Waals surface area contributed by atoms with Crippen molar-refractivity contribution in [3.05, 3.63) is 29.4 Å². The van der Waals surface area contributed by atoms with Crippen LogP contribution in [0.25, 0.3) is 10.9 Å². The molecular formula is C9H6ClFN2O. The molecule has 2 rings (SSSR count). The van der Waals surface area contributed by atoms with Crippen LogP contribution in [0.1, 0.15) is 0 Å². The van der Waals surface area contributed by atoms with E-state index >= 15 is 0 Å². The molecule has 14 heavy (non-hydrogen) atoms. The molecular weight excluding hydrogens is 207 g/mol. The lowest BCUT2D eigenvalue weighted by Gasteiger charge is -2.04. The molecule has 0 N–H and O–H groups in total. The quantitative estimate of drug-likeness (QED) is 0.681. The van der Waals surface area contributed by atoms with Gasteiger partial charge in [-0.15, -0.1) is 0 Å². The van der Waals surface area contributed by atoms with E-state index in [0.717, 1.165) is 0 Å². The largest absolute Gasteiger partial charge is 0.494 e. The van der Waals surface area contributed by atoms with Gasteiger partial charge in [-0.3, -0.25) is 0 Å². The highest BCUT2D eigenvalue weighted by atomic mass is 35.5. The Hall–Kier alpha value is -1.42. The Balaban J connectivity index is 2.84. The molecule has 0 aliphatic carbocycles. The van der Waals surface area contributed by atoms with Crippen LogP contribution in [0.3, 0.4) is 0 Å². The van der Waals surface area contributed by atoms with Crippen LogP contribution in [0.4, 0.5) is 4.39 Å². The van der Waals surface area contributed by atoms with E-state index in [9.17, 15) is 4.39 Å². The number of hydrogen-bond donors (Lipinski definition) is 0. The predicted octanol–water partition coefficient (Wildman–Crippen LogP) is 2.43. The van der Waals surface area contributed by atoms with E-state index < -0.39 is 5.82 Å². The van der Waals surface area contributed by atoms with Gasteiger partial charge in [0, 0.05) is 5.39 Å². The minimum atomic E-state index is -0.519. The van der Waals surface area contributed by atoms with E-state index in [4.69, 9.17) is 16.3 Å². The molecule has 0 saturated heterocycles. The lowest BCUT2D eigenvalue weighted by Crippen LogP contribution is -1.92. The van der Waals surface area contributed by atoms with Crippen LogP contribution in [0.15, 0.2) is 18.5 Å². The number of ether oxygens (including phenoxy) is 1. The van der Waals surface area contributed by atoms with Gasteiger partial charge in [-0.25, -0.2) is 14.4 Å². The Kier molecular flexibility index (Phi) is 2.21. The Morgan fingerprint density at radius 3 is 2.86 bits per heavy atom. The molecule has 3 nitrogen and oxygen atoms in total. The molecule has 0 saturated carbocycles. The zero-order valence-corrected chi connectivity index (χ0v) is 8.05. The molecule has 72 valence electrons. The van der Waals surface area contributed by atoms with Gasteiger partial charge in [0.2, 0.25) is 0 Å². The molecule has 0 radical (unpaired) electrons. The fourth-order valence-electron chi connectivity index (χ4n) is 1.20. The predicted molar refractivity (Wildman–Crippen MR) is 51.1 cm³/mol. The third-order valence-corrected chi connectivity index (χ3v) is 2.18. The fourth-order valence-corrected chi connectivity index (χ4v) is 1.40. The van der Waals surface area contributed by atoms with Crippen molar-refractivity contribution in [1.29, 1.82) is 0 Å². The standard InChI is InChI=1S/C9H6ClFN2O/c1-14-6-3-2-5-8(7(6)11)12-4-13-9(5)10/h2-4H,1H3. The van der Waals surface area contributed by atoms with Gasteiger partial charge in [0.05, 0.1) is 7.11 Å². The molecule has 0 bridgehead atoms. The second kappa shape index (κ2) is 3.38. The zero-order chi connectivity index (χ0) is 10.1. The summed E-state index contributed by atoms with van der Waals surface area (Å²) in [7, 11) is 1.40. The Labute approximate surface area is 84.5 Å². The van der Waals surface area contributed by atoms with E-state index in [-0.39, 0.29) is 16.4 Å². The van der Waals surface area contributed by atoms with E-state index in [1.54, 1.807) is 6.07 Å². The van der Waals surface area contributed by atoms with Gasteiger partial charge < -0.3 is 4.74 Å². The van der Waals surface area contributed by atoms with Gasteiger partial charge >= 0.3 is 0 Å². The number of nitrogens with zero attached hydrogens (tertiary/aromatic N) is 2. The third kappa shape index (κ3) is 1.28. The normalized spacial score (nSPS) is 10.5. The van der Waals surface area contributed by atoms with Crippen molar-refractivity contribution in [3.63, 3.8) is 0 Å². The number of fused-ring (bicyclic) bond motifs is 1. The summed E-state index contributed by atoms with van der Waals surface area (Å²) in [6.45, 7) is 0. The summed E-state index contributed by atoms with van der Waals surface area (Å²) < 4.78 is 18.4. The van der Waals surface area contributed by atoms with Crippen LogP contribution < -0.4 is 4.74 Å². The number of benzene rings is 1. The first-order chi connectivity index (χ1) is 6.74. The van der Waals surface area contributed by atoms with Crippen LogP contribution in [-0.2, 0) is 0 Å². The van der Waals surface area contributed by atoms with Gasteiger partial charge in [-0.05, 0) is 12.1 Å². The van der Waals surface area contributed by atoms with E-state index in [1.807, 2.05) is 0 Å². The summed E-state index contributed by atoms with van der Waals surface area (Å²) in [5.41, 5.74) is 0.171. The average Bonchev–Trinajstić information content (AvgIpc) is 2.20. The lowest BCUT2D eigenvalue weighted by molar-refractivity contribution is 0.388. The molecule has 0 aliphatic heterocycles. The first kappa shape index (κ1) is 9.15. The molecule has 2 aromatic rings. The summed E-state index contributed by atoms with van der Waals surface area (Å²) in [6, 6.07) is 3.12. The Bertz CT molecular complexity index is 489. The number of hydrogen-bond acceptors (Lipinski definition) is 3. The molecule has 0 amide bonds. The minimum Gasteiger partial charge on any atom is -0.494 e. The van der Waals surface area contributed by atoms with Crippen LogP contribution >= 0.6 is 11.6 Å². The summed E-state index contributed by atoms with van der Waals surface area (Å²) in [5, 5.41) is 0.712. The molecule has 1 aromatic heterocycles. The third-order valence-electron chi connectivity index (χ3n) is 1.88. The van der Waals surface area contributed by atoms with Crippen LogP contribution in [0.2, 0.25) is 5.15 Å². The van der Waals surface area contributed by atoms with Crippen molar-refractivity contribution in [1.82, 2.24) is 9.97 Å². The zero-order valence-electron chi connectivity index (χ0n) is 7.29. The molecule has 1 aromatic carbocycles. The van der Waals surface area contributed by atoms with Crippen LogP contribution in [0, 0.1) is 5.82 Å². The number of halogens is 2. The highest BCUT2D eigenvalue weighted by Gasteiger charge is 2.10. The van der Waals surface area contributed by atoms with E-state index in [0.29, 0.717) is 5.39 Å². The van der Waals surface area contributed by atoms with Crippen molar-refractivity contribution >= 4 is 22.5 Å². The second-order valence-electron chi connectivity index (χ2n) is 2.64. The number of aromatic nitrogens is 2. The highest BCUT2D eigenvalue weighted by molar-refractivity contribution is 6.34. The first-order valence-electron chi connectivity index (χ1n) is 3.86. The molecule has 1 heterocycles. The van der Waals surface area contributed by atoms with Gasteiger partial charge in [0.15, 0.2) is 11.6 Å². The van der Waals surface area contributed by atoms with Crippen LogP contribution in [0.5, 0.6) is 5.75 Å². The molecule has 5 heteroatoms. The molecule has 0 atom stereocenters. The highest BCUT2D eigenvalue weighted by Crippen LogP contribution is 2.27. The minimum absolute atomic E-state index is 0.146. The SMILES string of the molecule is COc1ccc2c(Cl)ncnc2c1F. The van der Waals surface area contributed by atoms with Gasteiger partial charge in [-0.2, -0.15) is 0 Å². The number of rotatable bonds is 1. The molecule has 0 unspecified atom stereocenters. The Morgan fingerprint density at radius 2 is 2.14 bits per heavy atom. The molecule has 0 aliphatic rings. The van der Waals surface area contributed by atoms with Gasteiger partial charge in [0.1, 0.15) is 17.0 Å². The van der Waals surface area contributed by atoms with Crippen molar-refractivity contribution < 1.29 is 9.13 Å². The maximum Gasteiger partial charge on any atom is 0.191 e.